The number of hydrogen-bond acceptors (Lipinski definition) is 2. The first-order valence-electron chi connectivity index (χ1n) is 4.15. The number of phenols is 1. The first-order valence-corrected chi connectivity index (χ1v) is 4.52. The molecule has 13 heavy (non-hydrogen) atoms. The summed E-state index contributed by atoms with van der Waals surface area (Å²) in [5.41, 5.74) is 6.64. The summed E-state index contributed by atoms with van der Waals surface area (Å²) in [7, 11) is 0. The molecule has 0 amide bonds. The Bertz CT molecular complexity index is 304. The van der Waals surface area contributed by atoms with Gasteiger partial charge in [0.2, 0.25) is 0 Å². The summed E-state index contributed by atoms with van der Waals surface area (Å²) in [6, 6.07) is 5.16. The number of nitrogens with two attached hydrogens (primary N) is 1. The fourth-order valence-electron chi connectivity index (χ4n) is 1.19. The van der Waals surface area contributed by atoms with Crippen LogP contribution in [0.4, 0.5) is 0 Å². The summed E-state index contributed by atoms with van der Waals surface area (Å²) in [6.07, 6.45) is 0.743. The Labute approximate surface area is 83.3 Å². The maximum Gasteiger partial charge on any atom is 0.134 e. The van der Waals surface area contributed by atoms with Crippen LogP contribution in [0.25, 0.3) is 0 Å². The molecule has 2 nitrogen and oxygen atoms in total. The molecule has 0 saturated heterocycles. The summed E-state index contributed by atoms with van der Waals surface area (Å²) in [4.78, 5) is 0. The summed E-state index contributed by atoms with van der Waals surface area (Å²) >= 11 is 5.75. The molecule has 0 spiro atoms. The highest BCUT2D eigenvalue weighted by Gasteiger charge is 2.12. The monoisotopic (exact) mass is 199 g/mol. The van der Waals surface area contributed by atoms with Crippen molar-refractivity contribution in [3.63, 3.8) is 0 Å². The van der Waals surface area contributed by atoms with Crippen molar-refractivity contribution in [3.8, 4) is 5.75 Å². The lowest BCUT2D eigenvalue weighted by molar-refractivity contribution is 0.474. The topological polar surface area (TPSA) is 46.2 Å². The molecule has 3 heteroatoms. The number of rotatable bonds is 2. The molecule has 0 saturated carbocycles. The van der Waals surface area contributed by atoms with Gasteiger partial charge in [-0.2, -0.15) is 0 Å². The van der Waals surface area contributed by atoms with Crippen LogP contribution in [0.5, 0.6) is 5.75 Å². The molecule has 0 aromatic heterocycles. The largest absolute Gasteiger partial charge is 0.506 e. The first-order chi connectivity index (χ1) is 5.88. The molecule has 1 aromatic carbocycles. The van der Waals surface area contributed by atoms with Crippen molar-refractivity contribution >= 4 is 11.6 Å². The third-order valence-electron chi connectivity index (χ3n) is 1.67. The third-order valence-corrected chi connectivity index (χ3v) is 1.97. The quantitative estimate of drug-likeness (QED) is 0.768. The van der Waals surface area contributed by atoms with Gasteiger partial charge in [0.1, 0.15) is 5.75 Å². The minimum Gasteiger partial charge on any atom is -0.506 e. The van der Waals surface area contributed by atoms with Gasteiger partial charge in [0.25, 0.3) is 0 Å². The lowest BCUT2D eigenvalue weighted by atomic mass is 9.96. The van der Waals surface area contributed by atoms with Crippen LogP contribution < -0.4 is 5.73 Å². The average Bonchev–Trinajstić information content (AvgIpc) is 1.94. The fourth-order valence-corrected chi connectivity index (χ4v) is 1.39. The molecule has 3 N–H and O–H groups in total. The number of phenolic OH excluding ortho intramolecular Hbond substituents is 1. The van der Waals surface area contributed by atoms with Gasteiger partial charge in [0.15, 0.2) is 0 Å². The van der Waals surface area contributed by atoms with Gasteiger partial charge in [-0.25, -0.2) is 0 Å². The van der Waals surface area contributed by atoms with E-state index in [1.807, 2.05) is 19.9 Å². The van der Waals surface area contributed by atoms with Crippen LogP contribution in [0.15, 0.2) is 18.2 Å². The van der Waals surface area contributed by atoms with Crippen LogP contribution in [0, 0.1) is 0 Å². The summed E-state index contributed by atoms with van der Waals surface area (Å²) in [5.74, 6) is 0.111. The minimum absolute atomic E-state index is 0.111. The van der Waals surface area contributed by atoms with Crippen molar-refractivity contribution in [1.82, 2.24) is 0 Å². The molecule has 0 fully saturated rings. The van der Waals surface area contributed by atoms with E-state index in [4.69, 9.17) is 17.3 Å². The van der Waals surface area contributed by atoms with E-state index in [0.29, 0.717) is 5.02 Å². The first kappa shape index (κ1) is 10.4. The molecular weight excluding hydrogens is 186 g/mol. The Balaban J connectivity index is 2.86. The third kappa shape index (κ3) is 3.25. The molecule has 72 valence electrons. The molecule has 1 aromatic rings. The molecule has 1 rings (SSSR count). The van der Waals surface area contributed by atoms with Crippen LogP contribution in [0.2, 0.25) is 5.02 Å². The van der Waals surface area contributed by atoms with E-state index in [9.17, 15) is 5.11 Å². The van der Waals surface area contributed by atoms with Crippen molar-refractivity contribution in [1.29, 1.82) is 0 Å². The highest BCUT2D eigenvalue weighted by atomic mass is 35.5. The highest BCUT2D eigenvalue weighted by Crippen LogP contribution is 2.24. The van der Waals surface area contributed by atoms with Crippen molar-refractivity contribution < 1.29 is 5.11 Å². The number of benzene rings is 1. The Morgan fingerprint density at radius 3 is 2.54 bits per heavy atom. The van der Waals surface area contributed by atoms with Crippen LogP contribution in [-0.4, -0.2) is 10.6 Å². The normalized spacial score (nSPS) is 11.7. The van der Waals surface area contributed by atoms with Crippen molar-refractivity contribution in [2.45, 2.75) is 25.8 Å². The van der Waals surface area contributed by atoms with Gasteiger partial charge in [-0.3, -0.25) is 0 Å². The van der Waals surface area contributed by atoms with E-state index >= 15 is 0 Å². The maximum absolute atomic E-state index is 9.18. The number of hydrogen-bond donors (Lipinski definition) is 2. The molecule has 0 unspecified atom stereocenters. The Kier molecular flexibility index (Phi) is 2.84. The van der Waals surface area contributed by atoms with Crippen LogP contribution in [0.1, 0.15) is 19.4 Å². The second kappa shape index (κ2) is 3.56. The summed E-state index contributed by atoms with van der Waals surface area (Å²) in [5, 5.41) is 9.56. The highest BCUT2D eigenvalue weighted by molar-refractivity contribution is 6.32. The van der Waals surface area contributed by atoms with Crippen molar-refractivity contribution in [2.75, 3.05) is 0 Å². The molecular formula is C10H14ClNO. The van der Waals surface area contributed by atoms with Crippen LogP contribution >= 0.6 is 11.6 Å². The minimum atomic E-state index is -0.250. The van der Waals surface area contributed by atoms with Gasteiger partial charge in [-0.05, 0) is 38.0 Å². The van der Waals surface area contributed by atoms with E-state index in [0.717, 1.165) is 12.0 Å². The smallest absolute Gasteiger partial charge is 0.134 e. The van der Waals surface area contributed by atoms with Crippen LogP contribution in [0.3, 0.4) is 0 Å². The Hall–Kier alpha value is -0.730. The fraction of sp³-hybridized carbons (Fsp3) is 0.400. The van der Waals surface area contributed by atoms with Crippen LogP contribution in [-0.2, 0) is 6.42 Å². The van der Waals surface area contributed by atoms with Gasteiger partial charge in [0, 0.05) is 5.54 Å². The maximum atomic E-state index is 9.18. The van der Waals surface area contributed by atoms with Crippen molar-refractivity contribution in [3.05, 3.63) is 28.8 Å². The Morgan fingerprint density at radius 1 is 1.46 bits per heavy atom. The lowest BCUT2D eigenvalue weighted by Crippen LogP contribution is -2.34. The van der Waals surface area contributed by atoms with E-state index in [-0.39, 0.29) is 11.3 Å². The predicted molar refractivity (Wildman–Crippen MR) is 55.1 cm³/mol. The van der Waals surface area contributed by atoms with Crippen molar-refractivity contribution in [2.24, 2.45) is 5.73 Å². The van der Waals surface area contributed by atoms with Gasteiger partial charge in [-0.15, -0.1) is 0 Å². The SMILES string of the molecule is CC(C)(N)Cc1ccc(O)c(Cl)c1. The summed E-state index contributed by atoms with van der Waals surface area (Å²) in [6.45, 7) is 3.90. The molecule has 0 aliphatic carbocycles. The molecule has 0 atom stereocenters. The van der Waals surface area contributed by atoms with Gasteiger partial charge in [-0.1, -0.05) is 17.7 Å². The van der Waals surface area contributed by atoms with Gasteiger partial charge in [0.05, 0.1) is 5.02 Å². The Morgan fingerprint density at radius 2 is 2.08 bits per heavy atom. The van der Waals surface area contributed by atoms with Gasteiger partial charge >= 0.3 is 0 Å². The average molecular weight is 200 g/mol. The van der Waals surface area contributed by atoms with E-state index in [1.54, 1.807) is 12.1 Å². The second-order valence-electron chi connectivity index (χ2n) is 3.95. The lowest BCUT2D eigenvalue weighted by Gasteiger charge is -2.18. The number of aromatic hydroxyl groups is 1. The zero-order chi connectivity index (χ0) is 10.1. The molecule has 0 aliphatic heterocycles. The summed E-state index contributed by atoms with van der Waals surface area (Å²) < 4.78 is 0. The standard InChI is InChI=1S/C10H14ClNO/c1-10(2,12)6-7-3-4-9(13)8(11)5-7/h3-5,13H,6,12H2,1-2H3. The van der Waals surface area contributed by atoms with E-state index in [2.05, 4.69) is 0 Å². The van der Waals surface area contributed by atoms with Gasteiger partial charge < -0.3 is 10.8 Å². The zero-order valence-electron chi connectivity index (χ0n) is 7.84. The van der Waals surface area contributed by atoms with E-state index in [1.165, 1.54) is 0 Å². The van der Waals surface area contributed by atoms with E-state index < -0.39 is 0 Å². The molecule has 0 bridgehead atoms. The molecule has 0 aliphatic rings. The number of halogens is 1. The molecule has 0 radical (unpaired) electrons. The molecule has 0 heterocycles. The predicted octanol–water partition coefficient (Wildman–Crippen LogP) is 2.33. The zero-order valence-corrected chi connectivity index (χ0v) is 8.60. The second-order valence-corrected chi connectivity index (χ2v) is 4.36.